The van der Waals surface area contributed by atoms with Gasteiger partial charge in [0.2, 0.25) is 6.29 Å². The molecule has 0 aromatic rings. The number of ketones is 1. The van der Waals surface area contributed by atoms with E-state index in [1.54, 1.807) is 0 Å². The zero-order chi connectivity index (χ0) is 31.8. The minimum absolute atomic E-state index is 0.000640. The van der Waals surface area contributed by atoms with E-state index in [-0.39, 0.29) is 22.7 Å². The molecule has 0 amide bonds. The standard InChI is InChI=1S/C31H48O13/c1-29-7-3-8-30(2,18(29)6-9-31-10-14(15(33)11-31)4-5-19(29)31)28(40)44-27-25(39)23(37)21(35)17(43-27)13-41-26-24(38)22(36)20(34)16(12-32)42-26/h14,16-27,32,34-39H,3-13H2,1-2H3/t14-,16-,17-,18+,19+,20-,21-,22+,23+,24-,25-,26-,27+,29-,30-,31+/m1/s1. The van der Waals surface area contributed by atoms with Gasteiger partial charge in [0.25, 0.3) is 0 Å². The summed E-state index contributed by atoms with van der Waals surface area (Å²) in [6, 6.07) is 0. The number of esters is 1. The molecule has 0 aromatic heterocycles. The Hall–Kier alpha value is -1.26. The Labute approximate surface area is 256 Å². The Bertz CT molecular complexity index is 1100. The highest BCUT2D eigenvalue weighted by atomic mass is 16.7. The fourth-order valence-corrected chi connectivity index (χ4v) is 10.2. The second-order valence-electron chi connectivity index (χ2n) is 14.9. The Morgan fingerprint density at radius 1 is 0.818 bits per heavy atom. The van der Waals surface area contributed by atoms with Crippen LogP contribution in [-0.4, -0.2) is 122 Å². The molecule has 0 aromatic carbocycles. The summed E-state index contributed by atoms with van der Waals surface area (Å²) in [4.78, 5) is 26.7. The lowest BCUT2D eigenvalue weighted by atomic mass is 9.41. The van der Waals surface area contributed by atoms with E-state index in [1.807, 2.05) is 6.92 Å². The zero-order valence-corrected chi connectivity index (χ0v) is 25.4. The summed E-state index contributed by atoms with van der Waals surface area (Å²) in [6.45, 7) is 3.01. The number of ether oxygens (including phenoxy) is 4. The smallest absolute Gasteiger partial charge is 0.314 e. The van der Waals surface area contributed by atoms with E-state index < -0.39 is 86.0 Å². The molecular weight excluding hydrogens is 580 g/mol. The predicted molar refractivity (Wildman–Crippen MR) is 148 cm³/mol. The van der Waals surface area contributed by atoms with Crippen LogP contribution in [0.4, 0.5) is 0 Å². The molecule has 250 valence electrons. The van der Waals surface area contributed by atoms with Crippen LogP contribution in [0.2, 0.25) is 0 Å². The van der Waals surface area contributed by atoms with Gasteiger partial charge in [-0.05, 0) is 74.5 Å². The molecule has 44 heavy (non-hydrogen) atoms. The number of carbonyl (C=O) groups is 2. The highest BCUT2D eigenvalue weighted by Crippen LogP contribution is 2.71. The van der Waals surface area contributed by atoms with E-state index in [0.717, 1.165) is 44.9 Å². The van der Waals surface area contributed by atoms with E-state index in [4.69, 9.17) is 18.9 Å². The second kappa shape index (κ2) is 11.8. The minimum Gasteiger partial charge on any atom is -0.432 e. The average molecular weight is 629 g/mol. The first kappa shape index (κ1) is 32.7. The number of Topliss-reactive ketones (excluding diaryl/α,β-unsaturated/α-hetero) is 1. The molecule has 6 fully saturated rings. The number of aliphatic hydroxyl groups is 7. The van der Waals surface area contributed by atoms with E-state index >= 15 is 0 Å². The number of carbonyl (C=O) groups excluding carboxylic acids is 2. The number of rotatable bonds is 6. The van der Waals surface area contributed by atoms with Crippen LogP contribution >= 0.6 is 0 Å². The van der Waals surface area contributed by atoms with Crippen molar-refractivity contribution in [2.24, 2.45) is 34.0 Å². The molecule has 0 unspecified atom stereocenters. The number of hydrogen-bond acceptors (Lipinski definition) is 13. The van der Waals surface area contributed by atoms with Gasteiger partial charge in [-0.1, -0.05) is 13.3 Å². The van der Waals surface area contributed by atoms with Crippen LogP contribution in [0.1, 0.15) is 71.6 Å². The Kier molecular flexibility index (Phi) is 8.74. The topological polar surface area (TPSA) is 213 Å². The maximum absolute atomic E-state index is 14.0. The maximum atomic E-state index is 14.0. The van der Waals surface area contributed by atoms with Crippen molar-refractivity contribution in [1.82, 2.24) is 0 Å². The van der Waals surface area contributed by atoms with Crippen molar-refractivity contribution in [3.63, 3.8) is 0 Å². The molecule has 2 heterocycles. The van der Waals surface area contributed by atoms with E-state index in [1.165, 1.54) is 0 Å². The van der Waals surface area contributed by atoms with E-state index in [0.29, 0.717) is 24.5 Å². The molecule has 0 radical (unpaired) electrons. The monoisotopic (exact) mass is 628 g/mol. The summed E-state index contributed by atoms with van der Waals surface area (Å²) >= 11 is 0. The van der Waals surface area contributed by atoms with Crippen molar-refractivity contribution in [3.05, 3.63) is 0 Å². The lowest BCUT2D eigenvalue weighted by Crippen LogP contribution is -2.63. The van der Waals surface area contributed by atoms with Crippen LogP contribution in [0.15, 0.2) is 0 Å². The van der Waals surface area contributed by atoms with Gasteiger partial charge in [-0.25, -0.2) is 0 Å². The van der Waals surface area contributed by atoms with E-state index in [9.17, 15) is 45.3 Å². The first-order valence-electron chi connectivity index (χ1n) is 16.1. The molecule has 6 rings (SSSR count). The lowest BCUT2D eigenvalue weighted by Gasteiger charge is -2.63. The summed E-state index contributed by atoms with van der Waals surface area (Å²) in [5, 5.41) is 71.7. The first-order chi connectivity index (χ1) is 20.8. The van der Waals surface area contributed by atoms with Gasteiger partial charge in [0.15, 0.2) is 6.29 Å². The van der Waals surface area contributed by atoms with Crippen molar-refractivity contribution in [2.75, 3.05) is 13.2 Å². The molecule has 7 N–H and O–H groups in total. The molecular formula is C31H48O13. The second-order valence-corrected chi connectivity index (χ2v) is 14.9. The molecule has 4 aliphatic carbocycles. The first-order valence-corrected chi connectivity index (χ1v) is 16.1. The lowest BCUT2D eigenvalue weighted by molar-refractivity contribution is -0.328. The molecule has 13 heteroatoms. The van der Waals surface area contributed by atoms with Crippen LogP contribution in [0.3, 0.4) is 0 Å². The van der Waals surface area contributed by atoms with Crippen LogP contribution in [0, 0.1) is 34.0 Å². The number of fused-ring (bicyclic) bond motifs is 3. The third-order valence-corrected chi connectivity index (χ3v) is 12.5. The Morgan fingerprint density at radius 3 is 2.18 bits per heavy atom. The van der Waals surface area contributed by atoms with Gasteiger partial charge >= 0.3 is 5.97 Å². The van der Waals surface area contributed by atoms with Gasteiger partial charge in [0.1, 0.15) is 54.6 Å². The molecule has 1 spiro atoms. The van der Waals surface area contributed by atoms with Crippen molar-refractivity contribution in [3.8, 4) is 0 Å². The van der Waals surface area contributed by atoms with Crippen molar-refractivity contribution < 1.29 is 64.3 Å². The zero-order valence-electron chi connectivity index (χ0n) is 25.4. The van der Waals surface area contributed by atoms with Gasteiger partial charge in [0, 0.05) is 12.3 Å². The van der Waals surface area contributed by atoms with Gasteiger partial charge in [-0.15, -0.1) is 0 Å². The molecule has 13 nitrogen and oxygen atoms in total. The van der Waals surface area contributed by atoms with Crippen LogP contribution < -0.4 is 0 Å². The van der Waals surface area contributed by atoms with Crippen molar-refractivity contribution in [1.29, 1.82) is 0 Å². The molecule has 16 atom stereocenters. The predicted octanol–water partition coefficient (Wildman–Crippen LogP) is -0.864. The van der Waals surface area contributed by atoms with Crippen molar-refractivity contribution in [2.45, 2.75) is 133 Å². The normalized spacial score (nSPS) is 53.9. The molecule has 2 bridgehead atoms. The molecule has 4 saturated carbocycles. The van der Waals surface area contributed by atoms with E-state index in [2.05, 4.69) is 6.92 Å². The van der Waals surface area contributed by atoms with Crippen LogP contribution in [-0.2, 0) is 28.5 Å². The largest absolute Gasteiger partial charge is 0.432 e. The highest BCUT2D eigenvalue weighted by Gasteiger charge is 2.66. The highest BCUT2D eigenvalue weighted by molar-refractivity contribution is 5.84. The summed E-state index contributed by atoms with van der Waals surface area (Å²) in [5.41, 5.74) is -1.02. The third-order valence-electron chi connectivity index (χ3n) is 12.5. The Balaban J connectivity index is 1.14. The van der Waals surface area contributed by atoms with Crippen molar-refractivity contribution >= 4 is 11.8 Å². The van der Waals surface area contributed by atoms with Crippen LogP contribution in [0.5, 0.6) is 0 Å². The van der Waals surface area contributed by atoms with Gasteiger partial charge in [-0.3, -0.25) is 9.59 Å². The molecule has 6 aliphatic rings. The SMILES string of the molecule is C[C@@]12CCC[C@@](C)(C(=O)O[C@@H]3O[C@H](CO[C@@H]4O[C@H](CO)[C@@H](O)[C@H](O)[C@H]4O)[C@@H](O)[C@H](O)[C@H]3O)[C@H]1CC[C@]13CC(=O)[C@H](CC[C@H]12)C3. The fourth-order valence-electron chi connectivity index (χ4n) is 10.2. The molecule has 2 aliphatic heterocycles. The van der Waals surface area contributed by atoms with Crippen LogP contribution in [0.25, 0.3) is 0 Å². The summed E-state index contributed by atoms with van der Waals surface area (Å²) < 4.78 is 22.4. The summed E-state index contributed by atoms with van der Waals surface area (Å²) in [6.07, 6.45) is -8.22. The quantitative estimate of drug-likeness (QED) is 0.179. The minimum atomic E-state index is -1.75. The summed E-state index contributed by atoms with van der Waals surface area (Å²) in [7, 11) is 0. The Morgan fingerprint density at radius 2 is 1.48 bits per heavy atom. The van der Waals surface area contributed by atoms with Gasteiger partial charge < -0.3 is 54.7 Å². The maximum Gasteiger partial charge on any atom is 0.314 e. The van der Waals surface area contributed by atoms with Gasteiger partial charge in [-0.2, -0.15) is 0 Å². The fraction of sp³-hybridized carbons (Fsp3) is 0.935. The average Bonchev–Trinajstić information content (AvgIpc) is 3.23. The van der Waals surface area contributed by atoms with Gasteiger partial charge in [0.05, 0.1) is 18.6 Å². The number of aliphatic hydroxyl groups excluding tert-OH is 7. The summed E-state index contributed by atoms with van der Waals surface area (Å²) in [5.74, 6) is 0.362. The third kappa shape index (κ3) is 5.06. The molecule has 2 saturated heterocycles. The number of hydrogen-bond donors (Lipinski definition) is 7.